The first-order valence-electron chi connectivity index (χ1n) is 5.48. The minimum absolute atomic E-state index is 0.276. The summed E-state index contributed by atoms with van der Waals surface area (Å²) in [5, 5.41) is 4.08. The molecule has 2 aromatic rings. The average Bonchev–Trinajstić information content (AvgIpc) is 2.72. The Kier molecular flexibility index (Phi) is 4.11. The zero-order valence-corrected chi connectivity index (χ0v) is 11.5. The van der Waals surface area contributed by atoms with Gasteiger partial charge in [-0.1, -0.05) is 22.0 Å². The molecule has 1 aromatic carbocycles. The van der Waals surface area contributed by atoms with Crippen molar-refractivity contribution in [2.75, 3.05) is 0 Å². The third-order valence-corrected chi connectivity index (χ3v) is 3.23. The molecule has 1 unspecified atom stereocenters. The molecule has 0 spiro atoms. The minimum Gasteiger partial charge on any atom is -0.276 e. The highest BCUT2D eigenvalue weighted by molar-refractivity contribution is 9.10. The summed E-state index contributed by atoms with van der Waals surface area (Å²) >= 11 is 3.23. The van der Waals surface area contributed by atoms with Crippen molar-refractivity contribution >= 4 is 15.9 Å². The molecule has 4 nitrogen and oxygen atoms in total. The first-order chi connectivity index (χ1) is 8.60. The molecule has 18 heavy (non-hydrogen) atoms. The lowest BCUT2D eigenvalue weighted by atomic mass is 10.0. The van der Waals surface area contributed by atoms with Gasteiger partial charge in [0.1, 0.15) is 5.82 Å². The van der Waals surface area contributed by atoms with Crippen LogP contribution in [0, 0.1) is 5.82 Å². The predicted molar refractivity (Wildman–Crippen MR) is 71.1 cm³/mol. The number of nitrogens with two attached hydrogens (primary N) is 1. The van der Waals surface area contributed by atoms with E-state index >= 15 is 0 Å². The van der Waals surface area contributed by atoms with E-state index in [4.69, 9.17) is 5.84 Å². The van der Waals surface area contributed by atoms with E-state index in [2.05, 4.69) is 26.5 Å². The van der Waals surface area contributed by atoms with Crippen LogP contribution in [0.2, 0.25) is 0 Å². The molecule has 2 rings (SSSR count). The zero-order valence-electron chi connectivity index (χ0n) is 9.90. The molecule has 96 valence electrons. The number of rotatable bonds is 4. The van der Waals surface area contributed by atoms with Gasteiger partial charge in [0.2, 0.25) is 0 Å². The van der Waals surface area contributed by atoms with Crippen LogP contribution in [0.4, 0.5) is 4.39 Å². The van der Waals surface area contributed by atoms with Gasteiger partial charge in [-0.3, -0.25) is 16.0 Å². The van der Waals surface area contributed by atoms with Gasteiger partial charge in [-0.2, -0.15) is 5.10 Å². The van der Waals surface area contributed by atoms with Crippen molar-refractivity contribution in [3.05, 3.63) is 52.0 Å². The van der Waals surface area contributed by atoms with Crippen LogP contribution in [0.1, 0.15) is 17.2 Å². The first kappa shape index (κ1) is 13.2. The zero-order chi connectivity index (χ0) is 13.1. The Morgan fingerprint density at radius 3 is 2.89 bits per heavy atom. The number of nitrogens with zero attached hydrogens (tertiary/aromatic N) is 2. The van der Waals surface area contributed by atoms with Gasteiger partial charge < -0.3 is 0 Å². The molecule has 6 heteroatoms. The molecular weight excluding hydrogens is 299 g/mol. The second-order valence-electron chi connectivity index (χ2n) is 4.11. The summed E-state index contributed by atoms with van der Waals surface area (Å²) in [7, 11) is 1.84. The maximum absolute atomic E-state index is 13.8. The number of benzene rings is 1. The number of aryl methyl sites for hydroxylation is 1. The number of nitrogens with one attached hydrogen (secondary N) is 1. The summed E-state index contributed by atoms with van der Waals surface area (Å²) in [6.07, 6.45) is 4.23. The summed E-state index contributed by atoms with van der Waals surface area (Å²) in [6, 6.07) is 4.68. The quantitative estimate of drug-likeness (QED) is 0.671. The molecule has 0 bridgehead atoms. The van der Waals surface area contributed by atoms with Crippen LogP contribution in [0.15, 0.2) is 35.1 Å². The Balaban J connectivity index is 2.22. The van der Waals surface area contributed by atoms with E-state index in [1.54, 1.807) is 23.0 Å². The van der Waals surface area contributed by atoms with E-state index in [0.29, 0.717) is 16.5 Å². The fraction of sp³-hybridized carbons (Fsp3) is 0.250. The Labute approximate surface area is 113 Å². The lowest BCUT2D eigenvalue weighted by molar-refractivity contribution is 0.510. The minimum atomic E-state index is -0.281. The lowest BCUT2D eigenvalue weighted by Gasteiger charge is -2.16. The predicted octanol–water partition coefficient (Wildman–Crippen LogP) is 2.07. The van der Waals surface area contributed by atoms with Crippen LogP contribution in [0.3, 0.4) is 0 Å². The van der Waals surface area contributed by atoms with Crippen LogP contribution in [-0.4, -0.2) is 9.78 Å². The number of halogens is 2. The van der Waals surface area contributed by atoms with Crippen LogP contribution >= 0.6 is 15.9 Å². The van der Waals surface area contributed by atoms with Gasteiger partial charge in [0.05, 0.1) is 12.2 Å². The second kappa shape index (κ2) is 5.60. The largest absolute Gasteiger partial charge is 0.276 e. The molecule has 3 N–H and O–H groups in total. The third kappa shape index (κ3) is 2.95. The Morgan fingerprint density at radius 1 is 1.56 bits per heavy atom. The van der Waals surface area contributed by atoms with Crippen molar-refractivity contribution in [1.82, 2.24) is 15.2 Å². The molecule has 0 aliphatic rings. The monoisotopic (exact) mass is 312 g/mol. The summed E-state index contributed by atoms with van der Waals surface area (Å²) in [5.41, 5.74) is 4.19. The van der Waals surface area contributed by atoms with E-state index in [9.17, 15) is 4.39 Å². The highest BCUT2D eigenvalue weighted by atomic mass is 79.9. The summed E-state index contributed by atoms with van der Waals surface area (Å²) in [4.78, 5) is 0. The van der Waals surface area contributed by atoms with Gasteiger partial charge in [0, 0.05) is 23.3 Å². The van der Waals surface area contributed by atoms with E-state index in [1.165, 1.54) is 6.07 Å². The topological polar surface area (TPSA) is 55.9 Å². The van der Waals surface area contributed by atoms with Gasteiger partial charge >= 0.3 is 0 Å². The third-order valence-electron chi connectivity index (χ3n) is 2.74. The van der Waals surface area contributed by atoms with Crippen molar-refractivity contribution in [3.8, 4) is 0 Å². The normalized spacial score (nSPS) is 12.7. The summed E-state index contributed by atoms with van der Waals surface area (Å²) in [5.74, 6) is 5.23. The Morgan fingerprint density at radius 2 is 2.33 bits per heavy atom. The number of aromatic nitrogens is 2. The van der Waals surface area contributed by atoms with Crippen LogP contribution in [-0.2, 0) is 13.5 Å². The van der Waals surface area contributed by atoms with Crippen molar-refractivity contribution in [2.45, 2.75) is 12.5 Å². The number of hydrogen-bond donors (Lipinski definition) is 2. The molecule has 1 aromatic heterocycles. The summed E-state index contributed by atoms with van der Waals surface area (Å²) < 4.78 is 16.3. The fourth-order valence-electron chi connectivity index (χ4n) is 1.86. The maximum Gasteiger partial charge on any atom is 0.129 e. The Hall–Kier alpha value is -1.24. The molecule has 0 amide bonds. The van der Waals surface area contributed by atoms with Crippen molar-refractivity contribution < 1.29 is 4.39 Å². The van der Waals surface area contributed by atoms with Gasteiger partial charge in [-0.15, -0.1) is 0 Å². The van der Waals surface area contributed by atoms with E-state index in [0.717, 1.165) is 5.56 Å². The van der Waals surface area contributed by atoms with Crippen LogP contribution in [0.5, 0.6) is 0 Å². The van der Waals surface area contributed by atoms with Crippen molar-refractivity contribution in [3.63, 3.8) is 0 Å². The standard InChI is InChI=1S/C12H14BrFN4/c1-18-7-8(6-16-18)4-12(17-15)10-3-2-9(13)5-11(10)14/h2-3,5-7,12,17H,4,15H2,1H3. The smallest absolute Gasteiger partial charge is 0.129 e. The molecular formula is C12H14BrFN4. The highest BCUT2D eigenvalue weighted by Crippen LogP contribution is 2.23. The molecule has 1 heterocycles. The summed E-state index contributed by atoms with van der Waals surface area (Å²) in [6.45, 7) is 0. The molecule has 0 aliphatic carbocycles. The van der Waals surface area contributed by atoms with Crippen molar-refractivity contribution in [2.24, 2.45) is 12.9 Å². The molecule has 0 fully saturated rings. The molecule has 0 aliphatic heterocycles. The molecule has 0 radical (unpaired) electrons. The number of hydrazine groups is 1. The maximum atomic E-state index is 13.8. The van der Waals surface area contributed by atoms with Gasteiger partial charge in [0.15, 0.2) is 0 Å². The first-order valence-corrected chi connectivity index (χ1v) is 6.28. The van der Waals surface area contributed by atoms with E-state index < -0.39 is 0 Å². The average molecular weight is 313 g/mol. The second-order valence-corrected chi connectivity index (χ2v) is 5.03. The molecule has 0 saturated heterocycles. The van der Waals surface area contributed by atoms with E-state index in [-0.39, 0.29) is 11.9 Å². The highest BCUT2D eigenvalue weighted by Gasteiger charge is 2.15. The fourth-order valence-corrected chi connectivity index (χ4v) is 2.19. The number of hydrogen-bond acceptors (Lipinski definition) is 3. The molecule has 0 saturated carbocycles. The van der Waals surface area contributed by atoms with Gasteiger partial charge in [-0.05, 0) is 24.1 Å². The van der Waals surface area contributed by atoms with Gasteiger partial charge in [-0.25, -0.2) is 4.39 Å². The van der Waals surface area contributed by atoms with Crippen molar-refractivity contribution in [1.29, 1.82) is 0 Å². The van der Waals surface area contributed by atoms with Gasteiger partial charge in [0.25, 0.3) is 0 Å². The van der Waals surface area contributed by atoms with Crippen LogP contribution in [0.25, 0.3) is 0 Å². The Bertz CT molecular complexity index is 541. The van der Waals surface area contributed by atoms with Crippen LogP contribution < -0.4 is 11.3 Å². The lowest BCUT2D eigenvalue weighted by Crippen LogP contribution is -2.30. The SMILES string of the molecule is Cn1cc(CC(NN)c2ccc(Br)cc2F)cn1. The molecule has 1 atom stereocenters. The van der Waals surface area contributed by atoms with E-state index in [1.807, 2.05) is 13.2 Å².